The van der Waals surface area contributed by atoms with Gasteiger partial charge in [0, 0.05) is 17.3 Å². The molecule has 0 spiro atoms. The fourth-order valence-electron chi connectivity index (χ4n) is 2.99. The molecule has 4 aromatic rings. The number of fused-ring (bicyclic) bond motifs is 1. The van der Waals surface area contributed by atoms with Gasteiger partial charge in [0.1, 0.15) is 33.6 Å². The van der Waals surface area contributed by atoms with Crippen LogP contribution >= 0.6 is 23.1 Å². The number of nitrogens with one attached hydrogen (secondary N) is 1. The minimum absolute atomic E-state index is 0.187. The fraction of sp³-hybridized carbons (Fsp3) is 0.190. The van der Waals surface area contributed by atoms with E-state index < -0.39 is 0 Å². The lowest BCUT2D eigenvalue weighted by Gasteiger charge is -2.14. The molecule has 0 bridgehead atoms. The fourth-order valence-corrected chi connectivity index (χ4v) is 5.06. The second-order valence-corrected chi connectivity index (χ2v) is 8.74. The third-order valence-corrected chi connectivity index (χ3v) is 7.04. The number of nitriles is 1. The van der Waals surface area contributed by atoms with Crippen LogP contribution in [0.2, 0.25) is 0 Å². The second-order valence-electron chi connectivity index (χ2n) is 6.52. The Hall–Kier alpha value is -3.22. The van der Waals surface area contributed by atoms with Crippen molar-refractivity contribution in [2.75, 3.05) is 5.32 Å². The van der Waals surface area contributed by atoms with Gasteiger partial charge >= 0.3 is 0 Å². The SMILES string of the molecule is CCC(Sc1ncnc2sc(-c3ccccc3)cc12)C(=O)Nc1c(C#N)cnn1C. The summed E-state index contributed by atoms with van der Waals surface area (Å²) in [5.74, 6) is 0.212. The molecule has 3 aromatic heterocycles. The topological polar surface area (TPSA) is 96.5 Å². The van der Waals surface area contributed by atoms with Crippen LogP contribution < -0.4 is 5.32 Å². The molecule has 0 aliphatic heterocycles. The third-order valence-electron chi connectivity index (χ3n) is 4.57. The van der Waals surface area contributed by atoms with Crippen LogP contribution in [0, 0.1) is 11.3 Å². The van der Waals surface area contributed by atoms with Crippen molar-refractivity contribution < 1.29 is 4.79 Å². The molecule has 150 valence electrons. The Morgan fingerprint density at radius 3 is 2.87 bits per heavy atom. The molecule has 0 aliphatic rings. The molecule has 1 amide bonds. The third kappa shape index (κ3) is 3.92. The van der Waals surface area contributed by atoms with Gasteiger partial charge in [-0.2, -0.15) is 10.4 Å². The number of nitrogens with zero attached hydrogens (tertiary/aromatic N) is 5. The number of carbonyl (C=O) groups excluding carboxylic acids is 1. The minimum Gasteiger partial charge on any atom is -0.309 e. The van der Waals surface area contributed by atoms with Gasteiger partial charge in [0.15, 0.2) is 0 Å². The Bertz CT molecular complexity index is 1240. The first-order valence-electron chi connectivity index (χ1n) is 9.30. The number of aryl methyl sites for hydroxylation is 1. The number of amides is 1. The average Bonchev–Trinajstić information content (AvgIpc) is 3.36. The number of thiophene rings is 1. The highest BCUT2D eigenvalue weighted by Gasteiger charge is 2.23. The first kappa shape index (κ1) is 20.1. The second kappa shape index (κ2) is 8.65. The molecular formula is C21H18N6OS2. The summed E-state index contributed by atoms with van der Waals surface area (Å²) in [4.78, 5) is 23.8. The molecule has 3 heterocycles. The first-order chi connectivity index (χ1) is 14.6. The van der Waals surface area contributed by atoms with Gasteiger partial charge < -0.3 is 5.32 Å². The van der Waals surface area contributed by atoms with E-state index in [0.717, 1.165) is 25.7 Å². The number of hydrogen-bond acceptors (Lipinski definition) is 7. The first-order valence-corrected chi connectivity index (χ1v) is 11.0. The zero-order chi connectivity index (χ0) is 21.1. The summed E-state index contributed by atoms with van der Waals surface area (Å²) in [6.07, 6.45) is 3.58. The maximum atomic E-state index is 12.9. The summed E-state index contributed by atoms with van der Waals surface area (Å²) < 4.78 is 1.49. The number of thioether (sulfide) groups is 1. The number of rotatable bonds is 6. The predicted molar refractivity (Wildman–Crippen MR) is 119 cm³/mol. The molecule has 0 saturated carbocycles. The Labute approximate surface area is 181 Å². The Balaban J connectivity index is 1.60. The van der Waals surface area contributed by atoms with Crippen LogP contribution in [0.1, 0.15) is 18.9 Å². The van der Waals surface area contributed by atoms with E-state index in [4.69, 9.17) is 0 Å². The highest BCUT2D eigenvalue weighted by atomic mass is 32.2. The van der Waals surface area contributed by atoms with Gasteiger partial charge in [-0.15, -0.1) is 11.3 Å². The molecule has 1 atom stereocenters. The van der Waals surface area contributed by atoms with Crippen molar-refractivity contribution in [3.8, 4) is 16.5 Å². The summed E-state index contributed by atoms with van der Waals surface area (Å²) in [5, 5.41) is 17.4. The number of benzene rings is 1. The maximum absolute atomic E-state index is 12.9. The quantitative estimate of drug-likeness (QED) is 0.355. The van der Waals surface area contributed by atoms with Gasteiger partial charge in [-0.3, -0.25) is 9.48 Å². The van der Waals surface area contributed by atoms with Crippen LogP contribution in [0.3, 0.4) is 0 Å². The predicted octanol–water partition coefficient (Wildman–Crippen LogP) is 4.47. The van der Waals surface area contributed by atoms with Gasteiger partial charge in [0.05, 0.1) is 11.4 Å². The van der Waals surface area contributed by atoms with E-state index in [1.807, 2.05) is 31.2 Å². The zero-order valence-electron chi connectivity index (χ0n) is 16.4. The van der Waals surface area contributed by atoms with E-state index in [9.17, 15) is 10.1 Å². The van der Waals surface area contributed by atoms with E-state index in [1.165, 1.54) is 29.0 Å². The van der Waals surface area contributed by atoms with Gasteiger partial charge in [0.25, 0.3) is 0 Å². The molecular weight excluding hydrogens is 416 g/mol. The molecule has 7 nitrogen and oxygen atoms in total. The smallest absolute Gasteiger partial charge is 0.239 e. The molecule has 1 unspecified atom stereocenters. The van der Waals surface area contributed by atoms with E-state index in [0.29, 0.717) is 17.8 Å². The lowest BCUT2D eigenvalue weighted by Crippen LogP contribution is -2.26. The summed E-state index contributed by atoms with van der Waals surface area (Å²) in [5.41, 5.74) is 1.46. The molecule has 4 rings (SSSR count). The van der Waals surface area contributed by atoms with Gasteiger partial charge in [-0.25, -0.2) is 9.97 Å². The van der Waals surface area contributed by atoms with E-state index >= 15 is 0 Å². The van der Waals surface area contributed by atoms with Crippen molar-refractivity contribution in [3.63, 3.8) is 0 Å². The average molecular weight is 435 g/mol. The summed E-state index contributed by atoms with van der Waals surface area (Å²) >= 11 is 3.01. The number of aromatic nitrogens is 4. The van der Waals surface area contributed by atoms with Crippen LogP contribution in [-0.2, 0) is 11.8 Å². The van der Waals surface area contributed by atoms with E-state index in [2.05, 4.69) is 38.6 Å². The van der Waals surface area contributed by atoms with Crippen molar-refractivity contribution in [1.29, 1.82) is 5.26 Å². The maximum Gasteiger partial charge on any atom is 0.239 e. The number of anilines is 1. The Morgan fingerprint density at radius 2 is 2.13 bits per heavy atom. The monoisotopic (exact) mass is 434 g/mol. The normalized spacial score (nSPS) is 11.9. The van der Waals surface area contributed by atoms with Crippen molar-refractivity contribution in [2.45, 2.75) is 23.6 Å². The van der Waals surface area contributed by atoms with Crippen molar-refractivity contribution in [3.05, 3.63) is 54.5 Å². The minimum atomic E-state index is -0.371. The van der Waals surface area contributed by atoms with Crippen molar-refractivity contribution in [2.24, 2.45) is 7.05 Å². The molecule has 9 heteroatoms. The van der Waals surface area contributed by atoms with E-state index in [-0.39, 0.29) is 11.2 Å². The Morgan fingerprint density at radius 1 is 1.33 bits per heavy atom. The van der Waals surface area contributed by atoms with Crippen LogP contribution in [-0.4, -0.2) is 30.9 Å². The van der Waals surface area contributed by atoms with Crippen LogP contribution in [0.15, 0.2) is 53.9 Å². The van der Waals surface area contributed by atoms with Gasteiger partial charge in [-0.05, 0) is 18.1 Å². The van der Waals surface area contributed by atoms with Crippen LogP contribution in [0.25, 0.3) is 20.7 Å². The lowest BCUT2D eigenvalue weighted by molar-refractivity contribution is -0.115. The van der Waals surface area contributed by atoms with Crippen LogP contribution in [0.5, 0.6) is 0 Å². The summed E-state index contributed by atoms with van der Waals surface area (Å²) in [6.45, 7) is 1.95. The summed E-state index contributed by atoms with van der Waals surface area (Å²) in [7, 11) is 1.69. The molecule has 0 saturated heterocycles. The highest BCUT2D eigenvalue weighted by Crippen LogP contribution is 2.37. The highest BCUT2D eigenvalue weighted by molar-refractivity contribution is 8.00. The molecule has 1 N–H and O–H groups in total. The van der Waals surface area contributed by atoms with Crippen molar-refractivity contribution in [1.82, 2.24) is 19.7 Å². The van der Waals surface area contributed by atoms with E-state index in [1.54, 1.807) is 18.4 Å². The number of carbonyl (C=O) groups is 1. The lowest BCUT2D eigenvalue weighted by atomic mass is 10.2. The zero-order valence-corrected chi connectivity index (χ0v) is 18.0. The Kier molecular flexibility index (Phi) is 5.79. The standard InChI is InChI=1S/C21H18N6OS2/c1-3-16(19(28)26-18-14(10-22)11-25-27(18)2)29-20-15-9-17(13-7-5-4-6-8-13)30-21(15)24-12-23-20/h4-9,11-12,16H,3H2,1-2H3,(H,26,28). The van der Waals surface area contributed by atoms with Crippen LogP contribution in [0.4, 0.5) is 5.82 Å². The molecule has 1 aromatic carbocycles. The molecule has 0 fully saturated rings. The number of hydrogen-bond donors (Lipinski definition) is 1. The molecule has 0 aliphatic carbocycles. The largest absolute Gasteiger partial charge is 0.309 e. The molecule has 0 radical (unpaired) electrons. The van der Waals surface area contributed by atoms with Gasteiger partial charge in [0.2, 0.25) is 5.91 Å². The molecule has 30 heavy (non-hydrogen) atoms. The van der Waals surface area contributed by atoms with Gasteiger partial charge in [-0.1, -0.05) is 49.0 Å². The summed E-state index contributed by atoms with van der Waals surface area (Å²) in [6, 6.07) is 14.3. The van der Waals surface area contributed by atoms with Crippen molar-refractivity contribution >= 4 is 45.0 Å².